The molecule has 1 aromatic carbocycles. The highest BCUT2D eigenvalue weighted by molar-refractivity contribution is 5.97. The molecule has 2 N–H and O–H groups in total. The van der Waals surface area contributed by atoms with Crippen molar-refractivity contribution >= 4 is 29.9 Å². The summed E-state index contributed by atoms with van der Waals surface area (Å²) in [6.45, 7) is -0.675. The van der Waals surface area contributed by atoms with Crippen LogP contribution in [-0.2, 0) is 9.53 Å². The van der Waals surface area contributed by atoms with Gasteiger partial charge in [0.15, 0.2) is 6.61 Å². The third-order valence-corrected chi connectivity index (χ3v) is 1.89. The summed E-state index contributed by atoms with van der Waals surface area (Å²) in [5.74, 6) is -0.527. The molecular weight excluding hydrogens is 274 g/mol. The lowest BCUT2D eigenvalue weighted by Gasteiger charge is -2.02. The van der Waals surface area contributed by atoms with Crippen LogP contribution in [0.15, 0.2) is 35.3 Å². The number of rotatable bonds is 6. The molecule has 104 valence electrons. The first kappa shape index (κ1) is 16.9. The number of para-hydroxylation sites is 1. The fourth-order valence-electron chi connectivity index (χ4n) is 1.14. The van der Waals surface area contributed by atoms with Crippen LogP contribution in [0.3, 0.4) is 0 Å². The number of nitrogens with two attached hydrogens (primary N) is 1. The van der Waals surface area contributed by atoms with Crippen LogP contribution < -0.4 is 5.73 Å². The molecule has 8 heteroatoms. The Labute approximate surface area is 116 Å². The number of benzene rings is 1. The number of carbonyl (C=O) groups excluding carboxylic acids is 1. The van der Waals surface area contributed by atoms with Crippen molar-refractivity contribution in [3.05, 3.63) is 40.4 Å². The summed E-state index contributed by atoms with van der Waals surface area (Å²) in [6, 6.07) is 8.90. The molecule has 0 unspecified atom stereocenters. The van der Waals surface area contributed by atoms with Gasteiger partial charge < -0.3 is 10.5 Å². The van der Waals surface area contributed by atoms with Crippen molar-refractivity contribution in [2.24, 2.45) is 10.7 Å². The van der Waals surface area contributed by atoms with Crippen LogP contribution in [0.2, 0.25) is 0 Å². The van der Waals surface area contributed by atoms with Crippen LogP contribution in [0, 0.1) is 10.1 Å². The number of esters is 1. The molecule has 0 amide bonds. The Hall–Kier alpha value is -2.15. The van der Waals surface area contributed by atoms with Gasteiger partial charge in [-0.15, -0.1) is 12.4 Å². The van der Waals surface area contributed by atoms with Gasteiger partial charge in [-0.2, -0.15) is 0 Å². The topological polar surface area (TPSA) is 108 Å². The van der Waals surface area contributed by atoms with Gasteiger partial charge in [0.25, 0.3) is 0 Å². The van der Waals surface area contributed by atoms with Gasteiger partial charge in [0.05, 0.1) is 5.69 Å². The monoisotopic (exact) mass is 287 g/mol. The Kier molecular flexibility index (Phi) is 7.87. The van der Waals surface area contributed by atoms with Crippen LogP contribution in [0.5, 0.6) is 0 Å². The standard InChI is InChI=1S/C11H13N3O4.ClH/c12-10(13-9-4-2-1-3-5-9)8-11(15)18-7-6-14(16)17;/h1-5H,6-8H2,(H2,12,13);1H. The van der Waals surface area contributed by atoms with E-state index in [1.54, 1.807) is 24.3 Å². The van der Waals surface area contributed by atoms with E-state index in [-0.39, 0.29) is 31.3 Å². The Morgan fingerprint density at radius 1 is 1.37 bits per heavy atom. The molecule has 1 rings (SSSR count). The number of hydrogen-bond acceptors (Lipinski definition) is 5. The summed E-state index contributed by atoms with van der Waals surface area (Å²) in [5, 5.41) is 10.0. The number of amidine groups is 1. The summed E-state index contributed by atoms with van der Waals surface area (Å²) < 4.78 is 4.62. The van der Waals surface area contributed by atoms with Crippen molar-refractivity contribution in [2.45, 2.75) is 6.42 Å². The third-order valence-electron chi connectivity index (χ3n) is 1.89. The van der Waals surface area contributed by atoms with E-state index in [0.717, 1.165) is 0 Å². The van der Waals surface area contributed by atoms with Gasteiger partial charge in [0, 0.05) is 4.92 Å². The molecule has 1 aromatic rings. The highest BCUT2D eigenvalue weighted by Gasteiger charge is 2.07. The SMILES string of the molecule is Cl.NC(CC(=O)OCC[N+](=O)[O-])=Nc1ccccc1. The van der Waals surface area contributed by atoms with Gasteiger partial charge in [-0.05, 0) is 12.1 Å². The maximum Gasteiger partial charge on any atom is 0.313 e. The highest BCUT2D eigenvalue weighted by Crippen LogP contribution is 2.09. The highest BCUT2D eigenvalue weighted by atomic mass is 35.5. The van der Waals surface area contributed by atoms with Gasteiger partial charge in [-0.25, -0.2) is 4.99 Å². The van der Waals surface area contributed by atoms with E-state index in [1.807, 2.05) is 6.07 Å². The molecule has 0 saturated heterocycles. The molecule has 0 saturated carbocycles. The first-order valence-electron chi connectivity index (χ1n) is 5.23. The van der Waals surface area contributed by atoms with Crippen molar-refractivity contribution in [1.29, 1.82) is 0 Å². The number of ether oxygens (including phenoxy) is 1. The average molecular weight is 288 g/mol. The first-order chi connectivity index (χ1) is 8.58. The van der Waals surface area contributed by atoms with E-state index in [1.165, 1.54) is 0 Å². The fourth-order valence-corrected chi connectivity index (χ4v) is 1.14. The molecule has 0 aromatic heterocycles. The molecule has 0 heterocycles. The van der Waals surface area contributed by atoms with Crippen LogP contribution in [-0.4, -0.2) is 29.9 Å². The van der Waals surface area contributed by atoms with Crippen molar-refractivity contribution < 1.29 is 14.5 Å². The lowest BCUT2D eigenvalue weighted by atomic mass is 10.3. The maximum absolute atomic E-state index is 11.2. The molecule has 0 radical (unpaired) electrons. The fraction of sp³-hybridized carbons (Fsp3) is 0.273. The Bertz CT molecular complexity index is 451. The molecule has 19 heavy (non-hydrogen) atoms. The lowest BCUT2D eigenvalue weighted by molar-refractivity contribution is -0.482. The minimum absolute atomic E-state index is 0. The number of carbonyl (C=O) groups is 1. The molecule has 0 bridgehead atoms. The number of halogens is 1. The molecule has 0 atom stereocenters. The summed E-state index contributed by atoms with van der Waals surface area (Å²) in [4.78, 5) is 24.7. The molecule has 0 fully saturated rings. The van der Waals surface area contributed by atoms with Crippen molar-refractivity contribution in [3.8, 4) is 0 Å². The van der Waals surface area contributed by atoms with E-state index in [9.17, 15) is 14.9 Å². The first-order valence-corrected chi connectivity index (χ1v) is 5.23. The van der Waals surface area contributed by atoms with Gasteiger partial charge in [-0.1, -0.05) is 18.2 Å². The summed E-state index contributed by atoms with van der Waals surface area (Å²) >= 11 is 0. The second-order valence-corrected chi connectivity index (χ2v) is 3.39. The zero-order valence-corrected chi connectivity index (χ0v) is 10.8. The molecule has 0 aliphatic carbocycles. The predicted molar refractivity (Wildman–Crippen MR) is 72.4 cm³/mol. The van der Waals surface area contributed by atoms with Crippen LogP contribution in [0.25, 0.3) is 0 Å². The molecule has 0 aliphatic rings. The Morgan fingerprint density at radius 3 is 2.58 bits per heavy atom. The summed E-state index contributed by atoms with van der Waals surface area (Å²) in [7, 11) is 0. The van der Waals surface area contributed by atoms with Crippen LogP contribution >= 0.6 is 12.4 Å². The van der Waals surface area contributed by atoms with E-state index >= 15 is 0 Å². The Balaban J connectivity index is 0.00000324. The van der Waals surface area contributed by atoms with Gasteiger partial charge >= 0.3 is 5.97 Å². The summed E-state index contributed by atoms with van der Waals surface area (Å²) in [6.07, 6.45) is -0.188. The minimum atomic E-state index is -0.631. The number of nitro groups is 1. The summed E-state index contributed by atoms with van der Waals surface area (Å²) in [5.41, 5.74) is 6.19. The van der Waals surface area contributed by atoms with Crippen molar-refractivity contribution in [1.82, 2.24) is 0 Å². The quantitative estimate of drug-likeness (QED) is 0.279. The van der Waals surface area contributed by atoms with Gasteiger partial charge in [0.2, 0.25) is 6.54 Å². The molecule has 0 aliphatic heterocycles. The van der Waals surface area contributed by atoms with E-state index in [4.69, 9.17) is 5.73 Å². The zero-order chi connectivity index (χ0) is 13.4. The molecular formula is C11H14ClN3O4. The van der Waals surface area contributed by atoms with Gasteiger partial charge in [0.1, 0.15) is 12.3 Å². The van der Waals surface area contributed by atoms with Crippen molar-refractivity contribution in [3.63, 3.8) is 0 Å². The average Bonchev–Trinajstić information content (AvgIpc) is 2.29. The second kappa shape index (κ2) is 8.87. The largest absolute Gasteiger partial charge is 0.458 e. The zero-order valence-electron chi connectivity index (χ0n) is 10.0. The molecule has 7 nitrogen and oxygen atoms in total. The number of hydrogen-bond donors (Lipinski definition) is 1. The number of aliphatic imine (C=N–C) groups is 1. The Morgan fingerprint density at radius 2 is 2.00 bits per heavy atom. The lowest BCUT2D eigenvalue weighted by Crippen LogP contribution is -2.20. The van der Waals surface area contributed by atoms with Crippen LogP contribution in [0.4, 0.5) is 5.69 Å². The minimum Gasteiger partial charge on any atom is -0.458 e. The predicted octanol–water partition coefficient (Wildman–Crippen LogP) is 1.31. The normalized spacial score (nSPS) is 10.4. The number of nitrogens with zero attached hydrogens (tertiary/aromatic N) is 2. The maximum atomic E-state index is 11.2. The van der Waals surface area contributed by atoms with E-state index in [2.05, 4.69) is 9.73 Å². The van der Waals surface area contributed by atoms with Gasteiger partial charge in [-0.3, -0.25) is 14.9 Å². The van der Waals surface area contributed by atoms with E-state index in [0.29, 0.717) is 5.69 Å². The smallest absolute Gasteiger partial charge is 0.313 e. The second-order valence-electron chi connectivity index (χ2n) is 3.39. The van der Waals surface area contributed by atoms with Crippen LogP contribution in [0.1, 0.15) is 6.42 Å². The van der Waals surface area contributed by atoms with Crippen molar-refractivity contribution in [2.75, 3.05) is 13.2 Å². The molecule has 0 spiro atoms. The van der Waals surface area contributed by atoms with E-state index < -0.39 is 17.4 Å². The third kappa shape index (κ3) is 7.72.